The Morgan fingerprint density at radius 1 is 1.47 bits per heavy atom. The highest BCUT2D eigenvalue weighted by Gasteiger charge is 2.22. The number of hydrogen-bond acceptors (Lipinski definition) is 5. The van der Waals surface area contributed by atoms with Gasteiger partial charge in [0.25, 0.3) is 5.69 Å². The maximum absolute atomic E-state index is 11.6. The zero-order chi connectivity index (χ0) is 14.6. The molecular formula is C11H12N2O6. The number of carboxylic acids is 1. The molecule has 2 N–H and O–H groups in total. The van der Waals surface area contributed by atoms with Crippen molar-refractivity contribution >= 4 is 23.3 Å². The van der Waals surface area contributed by atoms with E-state index >= 15 is 0 Å². The maximum Gasteiger partial charge on any atom is 0.315 e. The molecule has 8 nitrogen and oxygen atoms in total. The van der Waals surface area contributed by atoms with Crippen molar-refractivity contribution < 1.29 is 24.4 Å². The van der Waals surface area contributed by atoms with Gasteiger partial charge in [-0.1, -0.05) is 0 Å². The van der Waals surface area contributed by atoms with Crippen LogP contribution in [0.4, 0.5) is 11.4 Å². The molecule has 0 aliphatic carbocycles. The van der Waals surface area contributed by atoms with E-state index in [1.807, 2.05) is 0 Å². The highest BCUT2D eigenvalue weighted by atomic mass is 16.6. The number of methoxy groups -OCH3 is 1. The van der Waals surface area contributed by atoms with Gasteiger partial charge >= 0.3 is 5.97 Å². The molecule has 0 fully saturated rings. The Kier molecular flexibility index (Phi) is 4.41. The second-order valence-electron chi connectivity index (χ2n) is 3.69. The smallest absolute Gasteiger partial charge is 0.315 e. The standard InChI is InChI=1S/C11H12N2O6/c1-6(11(15)16)10(14)12-8-5-7(13(17)18)3-4-9(8)19-2/h3-6H,1-2H3,(H,12,14)(H,15,16). The summed E-state index contributed by atoms with van der Waals surface area (Å²) in [4.78, 5) is 32.3. The van der Waals surface area contributed by atoms with Crippen LogP contribution in [0, 0.1) is 16.0 Å². The maximum atomic E-state index is 11.6. The van der Waals surface area contributed by atoms with Gasteiger partial charge in [-0.2, -0.15) is 0 Å². The molecule has 0 spiro atoms. The van der Waals surface area contributed by atoms with Crippen molar-refractivity contribution in [3.05, 3.63) is 28.3 Å². The topological polar surface area (TPSA) is 119 Å². The first kappa shape index (κ1) is 14.4. The summed E-state index contributed by atoms with van der Waals surface area (Å²) < 4.78 is 4.94. The molecule has 0 saturated heterocycles. The molecule has 1 atom stereocenters. The minimum atomic E-state index is -1.29. The number of carbonyl (C=O) groups is 2. The summed E-state index contributed by atoms with van der Waals surface area (Å²) in [6.07, 6.45) is 0. The third kappa shape index (κ3) is 3.41. The molecule has 0 heterocycles. The highest BCUT2D eigenvalue weighted by molar-refractivity contribution is 6.04. The number of carbonyl (C=O) groups excluding carboxylic acids is 1. The fourth-order valence-electron chi connectivity index (χ4n) is 1.26. The molecule has 1 aromatic carbocycles. The first-order valence-electron chi connectivity index (χ1n) is 5.23. The molecule has 1 aromatic rings. The fourth-order valence-corrected chi connectivity index (χ4v) is 1.26. The molecule has 0 aliphatic rings. The summed E-state index contributed by atoms with van der Waals surface area (Å²) in [6, 6.07) is 3.64. The average molecular weight is 268 g/mol. The van der Waals surface area contributed by atoms with E-state index in [9.17, 15) is 19.7 Å². The molecule has 1 rings (SSSR count). The first-order valence-corrected chi connectivity index (χ1v) is 5.23. The molecule has 0 saturated carbocycles. The molecular weight excluding hydrogens is 256 g/mol. The van der Waals surface area contributed by atoms with Gasteiger partial charge in [-0.05, 0) is 13.0 Å². The molecule has 1 amide bonds. The van der Waals surface area contributed by atoms with Gasteiger partial charge in [0, 0.05) is 12.1 Å². The number of hydrogen-bond donors (Lipinski definition) is 2. The Bertz CT molecular complexity index is 528. The number of rotatable bonds is 5. The van der Waals surface area contributed by atoms with Crippen molar-refractivity contribution in [1.82, 2.24) is 0 Å². The van der Waals surface area contributed by atoms with Crippen LogP contribution in [0.5, 0.6) is 5.75 Å². The van der Waals surface area contributed by atoms with E-state index in [0.29, 0.717) is 0 Å². The zero-order valence-electron chi connectivity index (χ0n) is 10.2. The minimum absolute atomic E-state index is 0.0507. The second kappa shape index (κ2) is 5.80. The van der Waals surface area contributed by atoms with Gasteiger partial charge < -0.3 is 15.2 Å². The number of benzene rings is 1. The van der Waals surface area contributed by atoms with E-state index in [1.165, 1.54) is 26.2 Å². The van der Waals surface area contributed by atoms with Gasteiger partial charge in [0.2, 0.25) is 5.91 Å². The van der Waals surface area contributed by atoms with Crippen molar-refractivity contribution in [3.63, 3.8) is 0 Å². The number of nitrogens with zero attached hydrogens (tertiary/aromatic N) is 1. The first-order chi connectivity index (χ1) is 8.86. The summed E-state index contributed by atoms with van der Waals surface area (Å²) in [5.74, 6) is -3.14. The van der Waals surface area contributed by atoms with Gasteiger partial charge in [-0.25, -0.2) is 0 Å². The van der Waals surface area contributed by atoms with Crippen LogP contribution in [-0.2, 0) is 9.59 Å². The van der Waals surface area contributed by atoms with Crippen molar-refractivity contribution in [3.8, 4) is 5.75 Å². The van der Waals surface area contributed by atoms with E-state index in [-0.39, 0.29) is 17.1 Å². The van der Waals surface area contributed by atoms with Crippen molar-refractivity contribution in [1.29, 1.82) is 0 Å². The Morgan fingerprint density at radius 3 is 2.58 bits per heavy atom. The van der Waals surface area contributed by atoms with Crippen LogP contribution in [0.2, 0.25) is 0 Å². The lowest BCUT2D eigenvalue weighted by Gasteiger charge is -2.11. The van der Waals surface area contributed by atoms with E-state index in [1.54, 1.807) is 0 Å². The van der Waals surface area contributed by atoms with Crippen molar-refractivity contribution in [2.45, 2.75) is 6.92 Å². The SMILES string of the molecule is COc1ccc([N+](=O)[O-])cc1NC(=O)C(C)C(=O)O. The minimum Gasteiger partial charge on any atom is -0.495 e. The summed E-state index contributed by atoms with van der Waals surface area (Å²) in [5.41, 5.74) is -0.186. The number of carboxylic acid groups (broad SMARTS) is 1. The van der Waals surface area contributed by atoms with E-state index in [0.717, 1.165) is 6.07 Å². The van der Waals surface area contributed by atoms with Gasteiger partial charge in [-0.15, -0.1) is 0 Å². The van der Waals surface area contributed by atoms with E-state index in [4.69, 9.17) is 9.84 Å². The molecule has 0 aliphatic heterocycles. The highest BCUT2D eigenvalue weighted by Crippen LogP contribution is 2.29. The molecule has 1 unspecified atom stereocenters. The number of non-ortho nitro benzene ring substituents is 1. The third-order valence-corrected chi connectivity index (χ3v) is 2.42. The quantitative estimate of drug-likeness (QED) is 0.471. The van der Waals surface area contributed by atoms with Crippen LogP contribution in [0.3, 0.4) is 0 Å². The van der Waals surface area contributed by atoms with Crippen LogP contribution in [0.25, 0.3) is 0 Å². The average Bonchev–Trinajstić information content (AvgIpc) is 2.37. The second-order valence-corrected chi connectivity index (χ2v) is 3.69. The van der Waals surface area contributed by atoms with E-state index < -0.39 is 22.7 Å². The predicted octanol–water partition coefficient (Wildman–Crippen LogP) is 1.26. The van der Waals surface area contributed by atoms with Gasteiger partial charge in [-0.3, -0.25) is 19.7 Å². The summed E-state index contributed by atoms with van der Waals surface area (Å²) >= 11 is 0. The Hall–Kier alpha value is -2.64. The Balaban J connectivity index is 3.04. The normalized spacial score (nSPS) is 11.5. The number of nitrogens with one attached hydrogen (secondary N) is 1. The largest absolute Gasteiger partial charge is 0.495 e. The predicted molar refractivity (Wildman–Crippen MR) is 65.1 cm³/mol. The van der Waals surface area contributed by atoms with Crippen LogP contribution < -0.4 is 10.1 Å². The molecule has 0 radical (unpaired) electrons. The van der Waals surface area contributed by atoms with Crippen LogP contribution in [0.15, 0.2) is 18.2 Å². The molecule has 19 heavy (non-hydrogen) atoms. The van der Waals surface area contributed by atoms with Gasteiger partial charge in [0.05, 0.1) is 17.7 Å². The van der Waals surface area contributed by atoms with Crippen LogP contribution in [0.1, 0.15) is 6.92 Å². The van der Waals surface area contributed by atoms with Crippen molar-refractivity contribution in [2.75, 3.05) is 12.4 Å². The number of nitro groups is 1. The monoisotopic (exact) mass is 268 g/mol. The number of ether oxygens (including phenoxy) is 1. The third-order valence-electron chi connectivity index (χ3n) is 2.42. The Labute approximate surface area is 108 Å². The zero-order valence-corrected chi connectivity index (χ0v) is 10.2. The van der Waals surface area contributed by atoms with Gasteiger partial charge in [0.1, 0.15) is 11.7 Å². The van der Waals surface area contributed by atoms with Crippen molar-refractivity contribution in [2.24, 2.45) is 5.92 Å². The summed E-state index contributed by atoms with van der Waals surface area (Å²) in [7, 11) is 1.33. The van der Waals surface area contributed by atoms with Crippen LogP contribution in [-0.4, -0.2) is 29.0 Å². The van der Waals surface area contributed by atoms with E-state index in [2.05, 4.69) is 5.32 Å². The molecule has 0 aromatic heterocycles. The fraction of sp³-hybridized carbons (Fsp3) is 0.273. The lowest BCUT2D eigenvalue weighted by atomic mass is 10.1. The number of anilines is 1. The summed E-state index contributed by atoms with van der Waals surface area (Å²) in [6.45, 7) is 1.21. The summed E-state index contributed by atoms with van der Waals surface area (Å²) in [5, 5.41) is 21.6. The number of aliphatic carboxylic acids is 1. The lowest BCUT2D eigenvalue weighted by molar-refractivity contribution is -0.384. The van der Waals surface area contributed by atoms with Gasteiger partial charge in [0.15, 0.2) is 0 Å². The number of nitro benzene ring substituents is 1. The lowest BCUT2D eigenvalue weighted by Crippen LogP contribution is -2.27. The molecule has 102 valence electrons. The molecule has 8 heteroatoms. The Morgan fingerprint density at radius 2 is 2.11 bits per heavy atom. The molecule has 0 bridgehead atoms. The number of amides is 1. The van der Waals surface area contributed by atoms with Crippen LogP contribution >= 0.6 is 0 Å².